The number of halogens is 2. The number of piperazine rings is 1. The molecule has 1 atom stereocenters. The van der Waals surface area contributed by atoms with E-state index in [4.69, 9.17) is 11.6 Å². The van der Waals surface area contributed by atoms with Gasteiger partial charge in [-0.2, -0.15) is 4.31 Å². The summed E-state index contributed by atoms with van der Waals surface area (Å²) < 4.78 is 27.0. The number of benzene rings is 1. The molecule has 1 aliphatic rings. The summed E-state index contributed by atoms with van der Waals surface area (Å²) in [6.07, 6.45) is 1.84. The number of aryl methyl sites for hydroxylation is 1. The summed E-state index contributed by atoms with van der Waals surface area (Å²) in [7, 11) is -3.51. The lowest BCUT2D eigenvalue weighted by Crippen LogP contribution is -2.51. The first-order valence-electron chi connectivity index (χ1n) is 6.97. The van der Waals surface area contributed by atoms with Gasteiger partial charge in [0.1, 0.15) is 4.90 Å². The van der Waals surface area contributed by atoms with Crippen LogP contribution in [0.5, 0.6) is 0 Å². The monoisotopic (exact) mass is 352 g/mol. The van der Waals surface area contributed by atoms with Crippen LogP contribution in [0.3, 0.4) is 0 Å². The number of sulfonamides is 1. The van der Waals surface area contributed by atoms with Crippen molar-refractivity contribution in [1.29, 1.82) is 0 Å². The highest BCUT2D eigenvalue weighted by Crippen LogP contribution is 2.27. The van der Waals surface area contributed by atoms with Gasteiger partial charge in [0.05, 0.1) is 5.02 Å². The second-order valence-electron chi connectivity index (χ2n) is 5.23. The van der Waals surface area contributed by atoms with Gasteiger partial charge in [-0.15, -0.1) is 12.4 Å². The van der Waals surface area contributed by atoms with Crippen molar-refractivity contribution in [3.8, 4) is 0 Å². The van der Waals surface area contributed by atoms with E-state index in [2.05, 4.69) is 12.2 Å². The Morgan fingerprint density at radius 1 is 1.43 bits per heavy atom. The molecule has 1 saturated heterocycles. The average Bonchev–Trinajstić information content (AvgIpc) is 2.41. The zero-order chi connectivity index (χ0) is 14.8. The zero-order valence-corrected chi connectivity index (χ0v) is 14.7. The molecule has 1 N–H and O–H groups in total. The van der Waals surface area contributed by atoms with Gasteiger partial charge in [-0.1, -0.05) is 31.0 Å². The third kappa shape index (κ3) is 4.33. The molecule has 0 radical (unpaired) electrons. The van der Waals surface area contributed by atoms with E-state index in [0.717, 1.165) is 18.4 Å². The first-order valence-corrected chi connectivity index (χ1v) is 8.79. The fraction of sp³-hybridized carbons (Fsp3) is 0.571. The van der Waals surface area contributed by atoms with E-state index in [1.54, 1.807) is 12.1 Å². The summed E-state index contributed by atoms with van der Waals surface area (Å²) in [4.78, 5) is 0.235. The van der Waals surface area contributed by atoms with Crippen molar-refractivity contribution in [3.05, 3.63) is 28.8 Å². The third-order valence-corrected chi connectivity index (χ3v) is 5.83. The molecule has 1 fully saturated rings. The van der Waals surface area contributed by atoms with E-state index in [0.29, 0.717) is 24.7 Å². The van der Waals surface area contributed by atoms with Gasteiger partial charge < -0.3 is 5.32 Å². The third-order valence-electron chi connectivity index (χ3n) is 3.48. The molecule has 0 spiro atoms. The second-order valence-corrected chi connectivity index (χ2v) is 7.55. The van der Waals surface area contributed by atoms with E-state index in [1.165, 1.54) is 4.31 Å². The molecule has 4 nitrogen and oxygen atoms in total. The van der Waals surface area contributed by atoms with Gasteiger partial charge in [0.15, 0.2) is 0 Å². The van der Waals surface area contributed by atoms with Crippen LogP contribution in [-0.4, -0.2) is 38.4 Å². The first-order chi connectivity index (χ1) is 9.45. The molecule has 0 amide bonds. The van der Waals surface area contributed by atoms with Crippen molar-refractivity contribution < 1.29 is 8.42 Å². The number of nitrogens with one attached hydrogen (secondary N) is 1. The molecule has 0 aliphatic carbocycles. The van der Waals surface area contributed by atoms with Gasteiger partial charge >= 0.3 is 0 Å². The molecule has 0 bridgehead atoms. The van der Waals surface area contributed by atoms with Crippen LogP contribution in [-0.2, 0) is 16.4 Å². The normalized spacial score (nSPS) is 20.0. The number of hydrogen-bond donors (Lipinski definition) is 1. The molecule has 1 heterocycles. The molecule has 7 heteroatoms. The molecule has 1 aliphatic heterocycles. The lowest BCUT2D eigenvalue weighted by Gasteiger charge is -2.31. The van der Waals surface area contributed by atoms with Crippen molar-refractivity contribution >= 4 is 34.0 Å². The topological polar surface area (TPSA) is 49.4 Å². The van der Waals surface area contributed by atoms with Crippen LogP contribution in [0.15, 0.2) is 23.1 Å². The lowest BCUT2D eigenvalue weighted by molar-refractivity contribution is 0.310. The van der Waals surface area contributed by atoms with Crippen molar-refractivity contribution in [1.82, 2.24) is 9.62 Å². The Hall–Kier alpha value is -0.330. The van der Waals surface area contributed by atoms with E-state index in [1.807, 2.05) is 13.0 Å². The summed E-state index contributed by atoms with van der Waals surface area (Å²) in [6, 6.07) is 5.46. The number of nitrogens with zero attached hydrogens (tertiary/aromatic N) is 1. The molecule has 0 saturated carbocycles. The minimum atomic E-state index is -3.51. The number of hydrogen-bond acceptors (Lipinski definition) is 3. The minimum Gasteiger partial charge on any atom is -0.312 e. The molecular weight excluding hydrogens is 331 g/mol. The standard InChI is InChI=1S/C14H21ClN2O2S.ClH/c1-3-4-12-5-6-13(15)14(9-12)20(18,19)17-8-7-16-11(2)10-17;/h5-6,9,11,16H,3-4,7-8,10H2,1-2H3;1H. The van der Waals surface area contributed by atoms with Gasteiger partial charge in [0, 0.05) is 25.7 Å². The Bertz CT molecular complexity index is 578. The Labute approximate surface area is 138 Å². The van der Waals surface area contributed by atoms with Crippen molar-refractivity contribution in [2.75, 3.05) is 19.6 Å². The maximum Gasteiger partial charge on any atom is 0.244 e. The summed E-state index contributed by atoms with van der Waals surface area (Å²) in [6.45, 7) is 5.70. The fourth-order valence-corrected chi connectivity index (χ4v) is 4.50. The predicted molar refractivity (Wildman–Crippen MR) is 88.9 cm³/mol. The Kier molecular flexibility index (Phi) is 6.94. The second kappa shape index (κ2) is 7.79. The fourth-order valence-electron chi connectivity index (χ4n) is 2.44. The molecule has 21 heavy (non-hydrogen) atoms. The molecule has 1 aromatic rings. The molecule has 2 rings (SSSR count). The molecule has 120 valence electrons. The first kappa shape index (κ1) is 18.7. The van der Waals surface area contributed by atoms with E-state index in [9.17, 15) is 8.42 Å². The largest absolute Gasteiger partial charge is 0.312 e. The van der Waals surface area contributed by atoms with E-state index in [-0.39, 0.29) is 23.3 Å². The maximum atomic E-state index is 12.7. The summed E-state index contributed by atoms with van der Waals surface area (Å²) in [5.41, 5.74) is 1.01. The predicted octanol–water partition coefficient (Wildman–Crippen LogP) is 2.70. The van der Waals surface area contributed by atoms with Crippen molar-refractivity contribution in [2.24, 2.45) is 0 Å². The van der Waals surface area contributed by atoms with Crippen molar-refractivity contribution in [2.45, 2.75) is 37.6 Å². The quantitative estimate of drug-likeness (QED) is 0.906. The van der Waals surface area contributed by atoms with Crippen LogP contribution < -0.4 is 5.32 Å². The van der Waals surface area contributed by atoms with Gasteiger partial charge in [0.25, 0.3) is 0 Å². The van der Waals surface area contributed by atoms with Crippen LogP contribution >= 0.6 is 24.0 Å². The average molecular weight is 353 g/mol. The molecule has 0 aromatic heterocycles. The van der Waals surface area contributed by atoms with Gasteiger partial charge in [-0.3, -0.25) is 0 Å². The molecule has 1 aromatic carbocycles. The molecule has 1 unspecified atom stereocenters. The highest BCUT2D eigenvalue weighted by Gasteiger charge is 2.30. The Morgan fingerprint density at radius 3 is 2.76 bits per heavy atom. The Balaban J connectivity index is 0.00000220. The highest BCUT2D eigenvalue weighted by molar-refractivity contribution is 7.89. The van der Waals surface area contributed by atoms with Gasteiger partial charge in [0.2, 0.25) is 10.0 Å². The highest BCUT2D eigenvalue weighted by atomic mass is 35.5. The van der Waals surface area contributed by atoms with Crippen LogP contribution in [0.2, 0.25) is 5.02 Å². The lowest BCUT2D eigenvalue weighted by atomic mass is 10.1. The van der Waals surface area contributed by atoms with E-state index < -0.39 is 10.0 Å². The number of rotatable bonds is 4. The molecular formula is C14H22Cl2N2O2S. The summed E-state index contributed by atoms with van der Waals surface area (Å²) in [5, 5.41) is 3.54. The van der Waals surface area contributed by atoms with Crippen LogP contribution in [0, 0.1) is 0 Å². The van der Waals surface area contributed by atoms with Gasteiger partial charge in [-0.25, -0.2) is 8.42 Å². The SMILES string of the molecule is CCCc1ccc(Cl)c(S(=O)(=O)N2CCNC(C)C2)c1.Cl. The summed E-state index contributed by atoms with van der Waals surface area (Å²) >= 11 is 6.12. The van der Waals surface area contributed by atoms with Crippen LogP contribution in [0.4, 0.5) is 0 Å². The maximum absolute atomic E-state index is 12.7. The minimum absolute atomic E-state index is 0. The van der Waals surface area contributed by atoms with Crippen molar-refractivity contribution in [3.63, 3.8) is 0 Å². The van der Waals surface area contributed by atoms with Crippen LogP contribution in [0.1, 0.15) is 25.8 Å². The zero-order valence-electron chi connectivity index (χ0n) is 12.3. The van der Waals surface area contributed by atoms with Crippen LogP contribution in [0.25, 0.3) is 0 Å². The smallest absolute Gasteiger partial charge is 0.244 e. The van der Waals surface area contributed by atoms with Gasteiger partial charge in [-0.05, 0) is 31.0 Å². The Morgan fingerprint density at radius 2 is 2.14 bits per heavy atom. The van der Waals surface area contributed by atoms with E-state index >= 15 is 0 Å². The summed E-state index contributed by atoms with van der Waals surface area (Å²) in [5.74, 6) is 0.